The molecule has 0 radical (unpaired) electrons. The second-order valence-corrected chi connectivity index (χ2v) is 6.50. The molecule has 0 aromatic heterocycles. The zero-order valence-corrected chi connectivity index (χ0v) is 16.8. The maximum atomic E-state index is 11.8. The van der Waals surface area contributed by atoms with Crippen molar-refractivity contribution >= 4 is 35.6 Å². The minimum absolute atomic E-state index is 0.0760. The molecule has 0 heterocycles. The highest BCUT2D eigenvalue weighted by atomic mass is 16.6. The molecule has 0 saturated heterocycles. The van der Waals surface area contributed by atoms with Gasteiger partial charge in [-0.3, -0.25) is 29.8 Å². The molecule has 166 valence electrons. The summed E-state index contributed by atoms with van der Waals surface area (Å²) in [5.74, 6) is -0.702. The standard InChI is InChI=1S/C20H20N6O6/c27-19(23-21-13-15-5-3-7-17(11-15)25(29)30)9-1-2-10-20(28)24-22-14-16-6-4-8-18(12-16)26(31)32/h3-8,11-14H,1-2,9-10H2,(H,23,27)(H,24,28)/b21-13-,22-14+. The number of nitrogens with zero attached hydrogens (tertiary/aromatic N) is 4. The monoisotopic (exact) mass is 440 g/mol. The van der Waals surface area contributed by atoms with Crippen LogP contribution in [0.25, 0.3) is 0 Å². The van der Waals surface area contributed by atoms with Crippen molar-refractivity contribution < 1.29 is 19.4 Å². The lowest BCUT2D eigenvalue weighted by Crippen LogP contribution is -2.19. The quantitative estimate of drug-likeness (QED) is 0.235. The Bertz CT molecular complexity index is 969. The molecule has 0 aliphatic rings. The van der Waals surface area contributed by atoms with E-state index < -0.39 is 9.85 Å². The van der Waals surface area contributed by atoms with E-state index >= 15 is 0 Å². The van der Waals surface area contributed by atoms with E-state index in [2.05, 4.69) is 21.1 Å². The largest absolute Gasteiger partial charge is 0.273 e. The summed E-state index contributed by atoms with van der Waals surface area (Å²) in [4.78, 5) is 43.9. The maximum Gasteiger partial charge on any atom is 0.270 e. The molecule has 2 amide bonds. The third-order valence-corrected chi connectivity index (χ3v) is 4.03. The zero-order valence-electron chi connectivity index (χ0n) is 16.8. The Kier molecular flexibility index (Phi) is 9.12. The highest BCUT2D eigenvalue weighted by molar-refractivity contribution is 5.84. The average molecular weight is 440 g/mol. The van der Waals surface area contributed by atoms with Crippen LogP contribution in [0.5, 0.6) is 0 Å². The first kappa shape index (κ1) is 23.8. The summed E-state index contributed by atoms with van der Waals surface area (Å²) in [6.07, 6.45) is 3.79. The average Bonchev–Trinajstić information content (AvgIpc) is 2.77. The maximum absolute atomic E-state index is 11.8. The van der Waals surface area contributed by atoms with Crippen molar-refractivity contribution in [1.29, 1.82) is 0 Å². The molecule has 12 heteroatoms. The Balaban J connectivity index is 1.64. The molecule has 0 saturated carbocycles. The third kappa shape index (κ3) is 8.49. The number of rotatable bonds is 11. The van der Waals surface area contributed by atoms with Crippen molar-refractivity contribution in [3.05, 3.63) is 79.9 Å². The molecule has 0 fully saturated rings. The number of unbranched alkanes of at least 4 members (excludes halogenated alkanes) is 1. The molecule has 0 bridgehead atoms. The zero-order chi connectivity index (χ0) is 23.3. The molecule has 12 nitrogen and oxygen atoms in total. The molecular formula is C20H20N6O6. The lowest BCUT2D eigenvalue weighted by atomic mass is 10.2. The SMILES string of the molecule is O=C(CCCCC(=O)N/N=C/c1cccc([N+](=O)[O-])c1)N/N=C\c1cccc([N+](=O)[O-])c1. The Morgan fingerprint density at radius 1 is 0.781 bits per heavy atom. The topological polar surface area (TPSA) is 169 Å². The predicted octanol–water partition coefficient (Wildman–Crippen LogP) is 2.66. The van der Waals surface area contributed by atoms with Gasteiger partial charge >= 0.3 is 0 Å². The van der Waals surface area contributed by atoms with Crippen LogP contribution in [0.15, 0.2) is 58.7 Å². The van der Waals surface area contributed by atoms with Gasteiger partial charge in [-0.1, -0.05) is 24.3 Å². The highest BCUT2D eigenvalue weighted by Gasteiger charge is 2.06. The summed E-state index contributed by atoms with van der Waals surface area (Å²) >= 11 is 0. The Morgan fingerprint density at radius 2 is 1.19 bits per heavy atom. The summed E-state index contributed by atoms with van der Waals surface area (Å²) < 4.78 is 0. The van der Waals surface area contributed by atoms with Crippen molar-refractivity contribution in [1.82, 2.24) is 10.9 Å². The minimum Gasteiger partial charge on any atom is -0.273 e. The van der Waals surface area contributed by atoms with Gasteiger partial charge in [0.1, 0.15) is 0 Å². The number of nitro benzene ring substituents is 2. The summed E-state index contributed by atoms with van der Waals surface area (Å²) in [6.45, 7) is 0. The van der Waals surface area contributed by atoms with E-state index in [1.807, 2.05) is 0 Å². The number of carbonyl (C=O) groups excluding carboxylic acids is 2. The molecule has 2 aromatic rings. The number of hydrazone groups is 2. The Hall–Kier alpha value is -4.48. The van der Waals surface area contributed by atoms with Crippen molar-refractivity contribution in [2.45, 2.75) is 25.7 Å². The number of benzene rings is 2. The van der Waals surface area contributed by atoms with Gasteiger partial charge in [-0.05, 0) is 12.8 Å². The van der Waals surface area contributed by atoms with Crippen molar-refractivity contribution in [3.63, 3.8) is 0 Å². The number of amides is 2. The van der Waals surface area contributed by atoms with Crippen LogP contribution in [0, 0.1) is 20.2 Å². The Morgan fingerprint density at radius 3 is 1.56 bits per heavy atom. The van der Waals surface area contributed by atoms with Crippen LogP contribution in [0.4, 0.5) is 11.4 Å². The van der Waals surface area contributed by atoms with Gasteiger partial charge in [0.05, 0.1) is 22.3 Å². The smallest absolute Gasteiger partial charge is 0.270 e. The van der Waals surface area contributed by atoms with Crippen LogP contribution in [-0.4, -0.2) is 34.1 Å². The lowest BCUT2D eigenvalue weighted by Gasteiger charge is -2.01. The minimum atomic E-state index is -0.523. The fraction of sp³-hybridized carbons (Fsp3) is 0.200. The van der Waals surface area contributed by atoms with Crippen LogP contribution in [0.1, 0.15) is 36.8 Å². The van der Waals surface area contributed by atoms with E-state index in [1.54, 1.807) is 12.1 Å². The summed E-state index contributed by atoms with van der Waals surface area (Å²) in [5.41, 5.74) is 5.44. The third-order valence-electron chi connectivity index (χ3n) is 4.03. The first-order valence-corrected chi connectivity index (χ1v) is 9.48. The molecule has 0 aliphatic heterocycles. The van der Waals surface area contributed by atoms with Gasteiger partial charge in [-0.15, -0.1) is 0 Å². The summed E-state index contributed by atoms with van der Waals surface area (Å²) in [6, 6.07) is 11.6. The molecule has 2 aromatic carbocycles. The van der Waals surface area contributed by atoms with Crippen LogP contribution in [0.2, 0.25) is 0 Å². The van der Waals surface area contributed by atoms with Gasteiger partial charge in [-0.25, -0.2) is 10.9 Å². The number of nitro groups is 2. The van der Waals surface area contributed by atoms with Crippen LogP contribution >= 0.6 is 0 Å². The van der Waals surface area contributed by atoms with Gasteiger partial charge in [0, 0.05) is 48.2 Å². The van der Waals surface area contributed by atoms with Crippen molar-refractivity contribution in [2.24, 2.45) is 10.2 Å². The fourth-order valence-electron chi connectivity index (χ4n) is 2.48. The fourth-order valence-corrected chi connectivity index (χ4v) is 2.48. The predicted molar refractivity (Wildman–Crippen MR) is 116 cm³/mol. The Labute approximate surface area is 182 Å². The molecule has 0 aliphatic carbocycles. The molecule has 0 unspecified atom stereocenters. The van der Waals surface area contributed by atoms with Crippen LogP contribution in [0.3, 0.4) is 0 Å². The molecule has 32 heavy (non-hydrogen) atoms. The van der Waals surface area contributed by atoms with Crippen molar-refractivity contribution in [2.75, 3.05) is 0 Å². The first-order chi connectivity index (χ1) is 15.3. The van der Waals surface area contributed by atoms with Gasteiger partial charge in [0.2, 0.25) is 11.8 Å². The molecule has 0 atom stereocenters. The lowest BCUT2D eigenvalue weighted by molar-refractivity contribution is -0.385. The number of carbonyl (C=O) groups is 2. The highest BCUT2D eigenvalue weighted by Crippen LogP contribution is 2.12. The molecule has 2 rings (SSSR count). The van der Waals surface area contributed by atoms with Crippen molar-refractivity contribution in [3.8, 4) is 0 Å². The van der Waals surface area contributed by atoms with E-state index in [-0.39, 0.29) is 36.0 Å². The molecule has 2 N–H and O–H groups in total. The van der Waals surface area contributed by atoms with E-state index in [4.69, 9.17) is 0 Å². The van der Waals surface area contributed by atoms with Crippen LogP contribution in [-0.2, 0) is 9.59 Å². The van der Waals surface area contributed by atoms with Crippen LogP contribution < -0.4 is 10.9 Å². The summed E-state index contributed by atoms with van der Waals surface area (Å²) in [7, 11) is 0. The molecular weight excluding hydrogens is 420 g/mol. The number of nitrogens with one attached hydrogen (secondary N) is 2. The normalized spacial score (nSPS) is 10.9. The second-order valence-electron chi connectivity index (χ2n) is 6.50. The van der Waals surface area contributed by atoms with Gasteiger partial charge in [0.25, 0.3) is 11.4 Å². The number of hydrogen-bond donors (Lipinski definition) is 2. The first-order valence-electron chi connectivity index (χ1n) is 9.48. The van der Waals surface area contributed by atoms with Gasteiger partial charge in [0.15, 0.2) is 0 Å². The van der Waals surface area contributed by atoms with E-state index in [9.17, 15) is 29.8 Å². The number of non-ortho nitro benzene ring substituents is 2. The van der Waals surface area contributed by atoms with Gasteiger partial charge in [-0.2, -0.15) is 10.2 Å². The number of hydrogen-bond acceptors (Lipinski definition) is 8. The van der Waals surface area contributed by atoms with Gasteiger partial charge < -0.3 is 0 Å². The van der Waals surface area contributed by atoms with E-state index in [0.29, 0.717) is 24.0 Å². The van der Waals surface area contributed by atoms with E-state index in [0.717, 1.165) is 0 Å². The van der Waals surface area contributed by atoms with E-state index in [1.165, 1.54) is 48.8 Å². The second kappa shape index (κ2) is 12.3. The molecule has 0 spiro atoms. The summed E-state index contributed by atoms with van der Waals surface area (Å²) in [5, 5.41) is 28.9.